The number of rotatable bonds is 3. The predicted octanol–water partition coefficient (Wildman–Crippen LogP) is 3.23. The highest BCUT2D eigenvalue weighted by atomic mass is 35.5. The third kappa shape index (κ3) is 2.39. The van der Waals surface area contributed by atoms with Crippen molar-refractivity contribution in [2.75, 3.05) is 5.32 Å². The van der Waals surface area contributed by atoms with Crippen LogP contribution in [0.2, 0.25) is 5.02 Å². The van der Waals surface area contributed by atoms with Crippen LogP contribution < -0.4 is 5.32 Å². The van der Waals surface area contributed by atoms with Gasteiger partial charge in [0.1, 0.15) is 0 Å². The Hall–Kier alpha value is -2.07. The van der Waals surface area contributed by atoms with Gasteiger partial charge in [0.15, 0.2) is 0 Å². The van der Waals surface area contributed by atoms with E-state index in [0.717, 1.165) is 28.8 Å². The molecule has 0 atom stereocenters. The molecule has 2 heterocycles. The van der Waals surface area contributed by atoms with E-state index in [1.807, 2.05) is 42.1 Å². The highest BCUT2D eigenvalue weighted by Crippen LogP contribution is 2.24. The molecule has 0 aliphatic carbocycles. The Kier molecular flexibility index (Phi) is 3.09. The molecule has 3 aromatic rings. The Morgan fingerprint density at radius 1 is 1.21 bits per heavy atom. The van der Waals surface area contributed by atoms with Crippen molar-refractivity contribution in [3.63, 3.8) is 0 Å². The number of halogens is 1. The molecule has 0 saturated heterocycles. The maximum Gasteiger partial charge on any atom is 0.0737 e. The quantitative estimate of drug-likeness (QED) is 0.796. The van der Waals surface area contributed by atoms with Gasteiger partial charge in [-0.1, -0.05) is 11.6 Å². The predicted molar refractivity (Wildman–Crippen MR) is 77.3 cm³/mol. The molecular weight excluding hydrogens is 260 g/mol. The van der Waals surface area contributed by atoms with Crippen molar-refractivity contribution in [1.82, 2.24) is 14.8 Å². The number of aromatic nitrogens is 3. The molecule has 0 aliphatic heterocycles. The van der Waals surface area contributed by atoms with E-state index in [4.69, 9.17) is 11.6 Å². The van der Waals surface area contributed by atoms with E-state index in [-0.39, 0.29) is 0 Å². The van der Waals surface area contributed by atoms with Crippen LogP contribution >= 0.6 is 11.6 Å². The van der Waals surface area contributed by atoms with Crippen molar-refractivity contribution < 1.29 is 0 Å². The van der Waals surface area contributed by atoms with Gasteiger partial charge in [-0.15, -0.1) is 0 Å². The van der Waals surface area contributed by atoms with Gasteiger partial charge >= 0.3 is 0 Å². The second-order valence-corrected chi connectivity index (χ2v) is 4.76. The first kappa shape index (κ1) is 12.0. The molecule has 2 aromatic heterocycles. The summed E-state index contributed by atoms with van der Waals surface area (Å²) in [4.78, 5) is 4.32. The maximum absolute atomic E-state index is 5.98. The SMILES string of the molecule is Cn1nccc1CNc1ccnc2cc(Cl)ccc12. The van der Waals surface area contributed by atoms with Crippen LogP contribution in [0, 0.1) is 0 Å². The summed E-state index contributed by atoms with van der Waals surface area (Å²) >= 11 is 5.98. The van der Waals surface area contributed by atoms with Crippen LogP contribution in [0.15, 0.2) is 42.7 Å². The molecule has 19 heavy (non-hydrogen) atoms. The maximum atomic E-state index is 5.98. The van der Waals surface area contributed by atoms with E-state index in [9.17, 15) is 0 Å². The van der Waals surface area contributed by atoms with E-state index < -0.39 is 0 Å². The van der Waals surface area contributed by atoms with Crippen LogP contribution in [0.3, 0.4) is 0 Å². The van der Waals surface area contributed by atoms with Crippen molar-refractivity contribution in [3.05, 3.63) is 53.4 Å². The summed E-state index contributed by atoms with van der Waals surface area (Å²) in [7, 11) is 1.93. The first-order chi connectivity index (χ1) is 9.24. The molecule has 96 valence electrons. The molecule has 0 amide bonds. The van der Waals surface area contributed by atoms with E-state index in [1.54, 1.807) is 12.4 Å². The second-order valence-electron chi connectivity index (χ2n) is 4.32. The molecule has 1 aromatic carbocycles. The van der Waals surface area contributed by atoms with Gasteiger partial charge in [0, 0.05) is 35.5 Å². The standard InChI is InChI=1S/C14H13ClN4/c1-19-11(4-7-18-19)9-17-13-5-6-16-14-8-10(15)2-3-12(13)14/h2-8H,9H2,1H3,(H,16,17). The minimum atomic E-state index is 0.698. The summed E-state index contributed by atoms with van der Waals surface area (Å²) in [6.45, 7) is 0.720. The highest BCUT2D eigenvalue weighted by Gasteiger charge is 2.03. The van der Waals surface area contributed by atoms with Crippen molar-refractivity contribution in [2.24, 2.45) is 7.05 Å². The normalized spacial score (nSPS) is 10.8. The molecule has 0 spiro atoms. The third-order valence-corrected chi connectivity index (χ3v) is 3.32. The highest BCUT2D eigenvalue weighted by molar-refractivity contribution is 6.31. The second kappa shape index (κ2) is 4.90. The van der Waals surface area contributed by atoms with Crippen LogP contribution in [-0.4, -0.2) is 14.8 Å². The minimum absolute atomic E-state index is 0.698. The van der Waals surface area contributed by atoms with Crippen molar-refractivity contribution in [2.45, 2.75) is 6.54 Å². The van der Waals surface area contributed by atoms with Crippen LogP contribution in [0.5, 0.6) is 0 Å². The Labute approximate surface area is 116 Å². The fourth-order valence-corrected chi connectivity index (χ4v) is 2.20. The number of fused-ring (bicyclic) bond motifs is 1. The van der Waals surface area contributed by atoms with E-state index in [0.29, 0.717) is 5.02 Å². The number of benzene rings is 1. The molecular formula is C14H13ClN4. The number of anilines is 1. The molecule has 0 unspecified atom stereocenters. The molecule has 1 N–H and O–H groups in total. The zero-order chi connectivity index (χ0) is 13.2. The molecule has 0 saturated carbocycles. The smallest absolute Gasteiger partial charge is 0.0737 e. The molecule has 5 heteroatoms. The molecule has 0 fully saturated rings. The lowest BCUT2D eigenvalue weighted by atomic mass is 10.2. The molecule has 0 radical (unpaired) electrons. The van der Waals surface area contributed by atoms with E-state index in [2.05, 4.69) is 15.4 Å². The lowest BCUT2D eigenvalue weighted by molar-refractivity contribution is 0.720. The fraction of sp³-hybridized carbons (Fsp3) is 0.143. The summed E-state index contributed by atoms with van der Waals surface area (Å²) in [5.74, 6) is 0. The van der Waals surface area contributed by atoms with Gasteiger partial charge in [0.25, 0.3) is 0 Å². The number of pyridine rings is 1. The average molecular weight is 273 g/mol. The van der Waals surface area contributed by atoms with Gasteiger partial charge in [-0.2, -0.15) is 5.10 Å². The van der Waals surface area contributed by atoms with Crippen LogP contribution in [0.4, 0.5) is 5.69 Å². The average Bonchev–Trinajstić information content (AvgIpc) is 2.81. The fourth-order valence-electron chi connectivity index (χ4n) is 2.04. The lowest BCUT2D eigenvalue weighted by Crippen LogP contribution is -2.05. The van der Waals surface area contributed by atoms with Gasteiger partial charge in [-0.25, -0.2) is 0 Å². The molecule has 4 nitrogen and oxygen atoms in total. The number of aryl methyl sites for hydroxylation is 1. The lowest BCUT2D eigenvalue weighted by Gasteiger charge is -2.09. The number of hydrogen-bond donors (Lipinski definition) is 1. The molecule has 0 bridgehead atoms. The summed E-state index contributed by atoms with van der Waals surface area (Å²) in [5.41, 5.74) is 3.06. The topological polar surface area (TPSA) is 42.7 Å². The number of nitrogens with zero attached hydrogens (tertiary/aromatic N) is 3. The zero-order valence-corrected chi connectivity index (χ0v) is 11.2. The first-order valence-electron chi connectivity index (χ1n) is 5.99. The molecule has 3 rings (SSSR count). The monoisotopic (exact) mass is 272 g/mol. The first-order valence-corrected chi connectivity index (χ1v) is 6.37. The summed E-state index contributed by atoms with van der Waals surface area (Å²) < 4.78 is 1.85. The minimum Gasteiger partial charge on any atom is -0.379 e. The van der Waals surface area contributed by atoms with Crippen molar-refractivity contribution in [1.29, 1.82) is 0 Å². The Bertz CT molecular complexity index is 720. The van der Waals surface area contributed by atoms with Crippen LogP contribution in [-0.2, 0) is 13.6 Å². The van der Waals surface area contributed by atoms with Crippen LogP contribution in [0.1, 0.15) is 5.69 Å². The van der Waals surface area contributed by atoms with Crippen LogP contribution in [0.25, 0.3) is 10.9 Å². The van der Waals surface area contributed by atoms with Gasteiger partial charge < -0.3 is 5.32 Å². The van der Waals surface area contributed by atoms with Crippen molar-refractivity contribution >= 4 is 28.2 Å². The largest absolute Gasteiger partial charge is 0.379 e. The van der Waals surface area contributed by atoms with E-state index in [1.165, 1.54) is 0 Å². The van der Waals surface area contributed by atoms with Crippen molar-refractivity contribution in [3.8, 4) is 0 Å². The third-order valence-electron chi connectivity index (χ3n) is 3.09. The van der Waals surface area contributed by atoms with Gasteiger partial charge in [-0.05, 0) is 30.3 Å². The van der Waals surface area contributed by atoms with Gasteiger partial charge in [0.05, 0.1) is 17.8 Å². The summed E-state index contributed by atoms with van der Waals surface area (Å²) in [5, 5.41) is 9.32. The summed E-state index contributed by atoms with van der Waals surface area (Å²) in [6.07, 6.45) is 3.58. The van der Waals surface area contributed by atoms with Gasteiger partial charge in [0.2, 0.25) is 0 Å². The Morgan fingerprint density at radius 2 is 2.11 bits per heavy atom. The zero-order valence-electron chi connectivity index (χ0n) is 10.5. The number of hydrogen-bond acceptors (Lipinski definition) is 3. The Balaban J connectivity index is 1.91. The van der Waals surface area contributed by atoms with Gasteiger partial charge in [-0.3, -0.25) is 9.67 Å². The number of nitrogens with one attached hydrogen (secondary N) is 1. The Morgan fingerprint density at radius 3 is 2.89 bits per heavy atom. The summed E-state index contributed by atoms with van der Waals surface area (Å²) in [6, 6.07) is 9.68. The van der Waals surface area contributed by atoms with E-state index >= 15 is 0 Å². The molecule has 0 aliphatic rings.